The number of rotatable bonds is 3. The molecule has 1 atom stereocenters. The second-order valence-electron chi connectivity index (χ2n) is 4.30. The molecule has 0 aliphatic carbocycles. The van der Waals surface area contributed by atoms with Crippen LogP contribution in [-0.4, -0.2) is 12.2 Å². The van der Waals surface area contributed by atoms with E-state index in [0.29, 0.717) is 22.4 Å². The van der Waals surface area contributed by atoms with E-state index in [9.17, 15) is 9.50 Å². The highest BCUT2D eigenvalue weighted by molar-refractivity contribution is 9.10. The summed E-state index contributed by atoms with van der Waals surface area (Å²) in [5, 5.41) is 10.3. The first-order chi connectivity index (χ1) is 9.02. The van der Waals surface area contributed by atoms with Crippen molar-refractivity contribution < 1.29 is 14.2 Å². The van der Waals surface area contributed by atoms with Crippen molar-refractivity contribution in [2.24, 2.45) is 0 Å². The lowest BCUT2D eigenvalue weighted by atomic mass is 10.0. The van der Waals surface area contributed by atoms with Gasteiger partial charge < -0.3 is 9.84 Å². The lowest BCUT2D eigenvalue weighted by Crippen LogP contribution is -2.02. The van der Waals surface area contributed by atoms with Crippen LogP contribution < -0.4 is 4.74 Å². The molecule has 0 radical (unpaired) electrons. The maximum Gasteiger partial charge on any atom is 0.126 e. The van der Waals surface area contributed by atoms with E-state index in [1.807, 2.05) is 0 Å². The summed E-state index contributed by atoms with van der Waals surface area (Å²) in [6, 6.07) is 10.0. The van der Waals surface area contributed by atoms with Gasteiger partial charge in [-0.15, -0.1) is 0 Å². The molecule has 4 heteroatoms. The largest absolute Gasteiger partial charge is 0.497 e. The number of halogens is 2. The second-order valence-corrected chi connectivity index (χ2v) is 5.15. The number of ether oxygens (including phenoxy) is 1. The van der Waals surface area contributed by atoms with Crippen LogP contribution in [0.1, 0.15) is 22.8 Å². The van der Waals surface area contributed by atoms with E-state index in [1.54, 1.807) is 44.4 Å². The summed E-state index contributed by atoms with van der Waals surface area (Å²) in [7, 11) is 1.58. The average Bonchev–Trinajstić information content (AvgIpc) is 2.41. The van der Waals surface area contributed by atoms with E-state index < -0.39 is 6.10 Å². The Morgan fingerprint density at radius 1 is 1.21 bits per heavy atom. The molecular weight excluding hydrogens is 311 g/mol. The van der Waals surface area contributed by atoms with Gasteiger partial charge in [0.15, 0.2) is 0 Å². The number of methoxy groups -OCH3 is 1. The van der Waals surface area contributed by atoms with Crippen LogP contribution in [0.5, 0.6) is 5.75 Å². The lowest BCUT2D eigenvalue weighted by molar-refractivity contribution is 0.219. The summed E-state index contributed by atoms with van der Waals surface area (Å²) < 4.78 is 19.4. The molecule has 0 amide bonds. The number of benzene rings is 2. The van der Waals surface area contributed by atoms with Gasteiger partial charge in [-0.2, -0.15) is 0 Å². The second kappa shape index (κ2) is 5.72. The Morgan fingerprint density at radius 2 is 1.95 bits per heavy atom. The number of aliphatic hydroxyl groups excluding tert-OH is 1. The Labute approximate surface area is 120 Å². The van der Waals surface area contributed by atoms with Gasteiger partial charge in [0.1, 0.15) is 17.7 Å². The predicted molar refractivity (Wildman–Crippen MR) is 75.9 cm³/mol. The molecule has 0 bridgehead atoms. The van der Waals surface area contributed by atoms with Gasteiger partial charge in [0, 0.05) is 4.47 Å². The molecule has 100 valence electrons. The fourth-order valence-electron chi connectivity index (χ4n) is 1.82. The molecule has 0 saturated carbocycles. The molecular formula is C15H14BrFO2. The minimum absolute atomic E-state index is 0.318. The van der Waals surface area contributed by atoms with Gasteiger partial charge in [0.2, 0.25) is 0 Å². The van der Waals surface area contributed by atoms with Gasteiger partial charge >= 0.3 is 0 Å². The molecule has 2 aromatic carbocycles. The summed E-state index contributed by atoms with van der Waals surface area (Å²) in [6.07, 6.45) is -0.879. The topological polar surface area (TPSA) is 29.5 Å². The van der Waals surface area contributed by atoms with Crippen LogP contribution in [0.25, 0.3) is 0 Å². The van der Waals surface area contributed by atoms with Gasteiger partial charge in [-0.3, -0.25) is 0 Å². The van der Waals surface area contributed by atoms with Gasteiger partial charge in [0.05, 0.1) is 7.11 Å². The average molecular weight is 325 g/mol. The van der Waals surface area contributed by atoms with E-state index >= 15 is 0 Å². The number of aliphatic hydroxyl groups is 1. The molecule has 19 heavy (non-hydrogen) atoms. The van der Waals surface area contributed by atoms with Gasteiger partial charge in [0.25, 0.3) is 0 Å². The Kier molecular flexibility index (Phi) is 4.22. The molecule has 0 saturated heterocycles. The zero-order valence-electron chi connectivity index (χ0n) is 10.7. The van der Waals surface area contributed by atoms with E-state index in [2.05, 4.69) is 15.9 Å². The van der Waals surface area contributed by atoms with Crippen LogP contribution in [0.15, 0.2) is 40.9 Å². The highest BCUT2D eigenvalue weighted by atomic mass is 79.9. The summed E-state index contributed by atoms with van der Waals surface area (Å²) in [5.74, 6) is 0.374. The summed E-state index contributed by atoms with van der Waals surface area (Å²) in [5.41, 5.74) is 1.75. The van der Waals surface area contributed by atoms with Crippen molar-refractivity contribution in [1.82, 2.24) is 0 Å². The number of aryl methyl sites for hydroxylation is 1. The van der Waals surface area contributed by atoms with Crippen molar-refractivity contribution >= 4 is 15.9 Å². The zero-order valence-corrected chi connectivity index (χ0v) is 12.2. The number of hydrogen-bond acceptors (Lipinski definition) is 2. The monoisotopic (exact) mass is 324 g/mol. The maximum atomic E-state index is 13.5. The molecule has 0 spiro atoms. The third kappa shape index (κ3) is 2.96. The summed E-state index contributed by atoms with van der Waals surface area (Å²) in [6.45, 7) is 1.69. The molecule has 2 nitrogen and oxygen atoms in total. The Hall–Kier alpha value is -1.39. The van der Waals surface area contributed by atoms with Gasteiger partial charge in [-0.25, -0.2) is 4.39 Å². The van der Waals surface area contributed by atoms with E-state index in [1.165, 1.54) is 6.07 Å². The zero-order chi connectivity index (χ0) is 14.0. The van der Waals surface area contributed by atoms with E-state index in [-0.39, 0.29) is 5.82 Å². The van der Waals surface area contributed by atoms with Crippen molar-refractivity contribution in [3.63, 3.8) is 0 Å². The van der Waals surface area contributed by atoms with Crippen LogP contribution in [0.4, 0.5) is 4.39 Å². The molecule has 0 aliphatic rings. The normalized spacial score (nSPS) is 12.3. The quantitative estimate of drug-likeness (QED) is 0.925. The lowest BCUT2D eigenvalue weighted by Gasteiger charge is -2.14. The molecule has 2 rings (SSSR count). The van der Waals surface area contributed by atoms with Crippen LogP contribution in [0, 0.1) is 12.7 Å². The van der Waals surface area contributed by atoms with Crippen molar-refractivity contribution in [3.8, 4) is 5.75 Å². The molecule has 0 aliphatic heterocycles. The van der Waals surface area contributed by atoms with Crippen molar-refractivity contribution in [3.05, 3.63) is 63.4 Å². The fourth-order valence-corrected chi connectivity index (χ4v) is 2.39. The molecule has 0 heterocycles. The maximum absolute atomic E-state index is 13.5. The summed E-state index contributed by atoms with van der Waals surface area (Å²) in [4.78, 5) is 0. The third-order valence-corrected chi connectivity index (χ3v) is 3.70. The SMILES string of the molecule is COc1ccc(C(O)c2ccc(C)c(F)c2)c(Br)c1. The van der Waals surface area contributed by atoms with Crippen molar-refractivity contribution in [1.29, 1.82) is 0 Å². The highest BCUT2D eigenvalue weighted by Gasteiger charge is 2.15. The first-order valence-corrected chi connectivity index (χ1v) is 6.59. The summed E-state index contributed by atoms with van der Waals surface area (Å²) >= 11 is 3.39. The third-order valence-electron chi connectivity index (χ3n) is 3.01. The van der Waals surface area contributed by atoms with Crippen molar-refractivity contribution in [2.75, 3.05) is 7.11 Å². The Morgan fingerprint density at radius 3 is 2.53 bits per heavy atom. The molecule has 1 N–H and O–H groups in total. The Balaban J connectivity index is 2.38. The van der Waals surface area contributed by atoms with Crippen LogP contribution >= 0.6 is 15.9 Å². The minimum Gasteiger partial charge on any atom is -0.497 e. The predicted octanol–water partition coefficient (Wildman–Crippen LogP) is 3.99. The highest BCUT2D eigenvalue weighted by Crippen LogP contribution is 2.31. The number of hydrogen-bond donors (Lipinski definition) is 1. The van der Waals surface area contributed by atoms with Gasteiger partial charge in [-0.1, -0.05) is 34.1 Å². The Bertz CT molecular complexity index is 599. The first-order valence-electron chi connectivity index (χ1n) is 5.80. The van der Waals surface area contributed by atoms with Crippen molar-refractivity contribution in [2.45, 2.75) is 13.0 Å². The van der Waals surface area contributed by atoms with E-state index in [4.69, 9.17) is 4.74 Å². The van der Waals surface area contributed by atoms with E-state index in [0.717, 1.165) is 4.47 Å². The molecule has 1 unspecified atom stereocenters. The fraction of sp³-hybridized carbons (Fsp3) is 0.200. The molecule has 0 aromatic heterocycles. The van der Waals surface area contributed by atoms with Gasteiger partial charge in [-0.05, 0) is 41.8 Å². The van der Waals surface area contributed by atoms with Crippen LogP contribution in [0.2, 0.25) is 0 Å². The van der Waals surface area contributed by atoms with Crippen LogP contribution in [0.3, 0.4) is 0 Å². The molecule has 2 aromatic rings. The van der Waals surface area contributed by atoms with Crippen LogP contribution in [-0.2, 0) is 0 Å². The minimum atomic E-state index is -0.879. The smallest absolute Gasteiger partial charge is 0.126 e. The first kappa shape index (κ1) is 14.0. The standard InChI is InChI=1S/C15H14BrFO2/c1-9-3-4-10(7-14(9)17)15(18)12-6-5-11(19-2)8-13(12)16/h3-8,15,18H,1-2H3. The molecule has 0 fully saturated rings.